The first-order valence-electron chi connectivity index (χ1n) is 5.82. The minimum atomic E-state index is -0.313. The molecule has 4 N–H and O–H groups in total. The monoisotopic (exact) mass is 268 g/mol. The van der Waals surface area contributed by atoms with Gasteiger partial charge in [0.1, 0.15) is 0 Å². The van der Waals surface area contributed by atoms with Crippen LogP contribution in [0.1, 0.15) is 30.5 Å². The molecule has 0 heterocycles. The molecule has 4 nitrogen and oxygen atoms in total. The van der Waals surface area contributed by atoms with Gasteiger partial charge in [-0.05, 0) is 31.0 Å². The molecule has 1 aromatic rings. The highest BCUT2D eigenvalue weighted by Crippen LogP contribution is 2.22. The van der Waals surface area contributed by atoms with E-state index in [4.69, 9.17) is 10.9 Å². The molecule has 1 aromatic carbocycles. The molecule has 0 saturated heterocycles. The van der Waals surface area contributed by atoms with E-state index in [-0.39, 0.29) is 17.2 Å². The van der Waals surface area contributed by atoms with Crippen LogP contribution in [0, 0.1) is 6.92 Å². The van der Waals surface area contributed by atoms with Crippen LogP contribution >= 0.6 is 11.8 Å². The first-order valence-corrected chi connectivity index (χ1v) is 6.87. The average molecular weight is 268 g/mol. The molecule has 0 aliphatic rings. The van der Waals surface area contributed by atoms with Crippen LogP contribution in [0.3, 0.4) is 0 Å². The van der Waals surface area contributed by atoms with Gasteiger partial charge in [-0.25, -0.2) is 0 Å². The molecule has 100 valence electrons. The molecule has 0 spiro atoms. The van der Waals surface area contributed by atoms with Crippen molar-refractivity contribution in [3.63, 3.8) is 0 Å². The highest BCUT2D eigenvalue weighted by Gasteiger charge is 2.10. The fourth-order valence-corrected chi connectivity index (χ4v) is 2.48. The molecule has 18 heavy (non-hydrogen) atoms. The van der Waals surface area contributed by atoms with Crippen molar-refractivity contribution >= 4 is 17.6 Å². The fraction of sp³-hybridized carbons (Fsp3) is 0.462. The van der Waals surface area contributed by atoms with E-state index >= 15 is 0 Å². The van der Waals surface area contributed by atoms with Gasteiger partial charge in [-0.3, -0.25) is 0 Å². The summed E-state index contributed by atoms with van der Waals surface area (Å²) >= 11 is 1.71. The Kier molecular flexibility index (Phi) is 5.50. The Balaban J connectivity index is 2.74. The second kappa shape index (κ2) is 6.66. The number of aliphatic hydroxyl groups is 1. The molecule has 0 saturated carbocycles. The van der Waals surface area contributed by atoms with Crippen LogP contribution in [0.15, 0.2) is 23.4 Å². The van der Waals surface area contributed by atoms with Crippen molar-refractivity contribution in [1.29, 1.82) is 0 Å². The molecular weight excluding hydrogens is 248 g/mol. The highest BCUT2D eigenvalue weighted by molar-refractivity contribution is 7.99. The van der Waals surface area contributed by atoms with E-state index in [1.165, 1.54) is 5.56 Å². The summed E-state index contributed by atoms with van der Waals surface area (Å²) in [4.78, 5) is 0. The summed E-state index contributed by atoms with van der Waals surface area (Å²) in [5, 5.41) is 21.2. The molecule has 0 bridgehead atoms. The number of nitrogens with zero attached hydrogens (tertiary/aromatic N) is 1. The smallest absolute Gasteiger partial charge is 0.170 e. The molecular formula is C13H20N2O2S. The Bertz CT molecular complexity index is 433. The summed E-state index contributed by atoms with van der Waals surface area (Å²) in [6, 6.07) is 5.72. The third-order valence-corrected chi connectivity index (χ3v) is 4.32. The largest absolute Gasteiger partial charge is 0.409 e. The lowest BCUT2D eigenvalue weighted by Gasteiger charge is -2.15. The van der Waals surface area contributed by atoms with E-state index < -0.39 is 0 Å². The summed E-state index contributed by atoms with van der Waals surface area (Å²) in [5.41, 5.74) is 8.55. The second-order valence-corrected chi connectivity index (χ2v) is 5.75. The van der Waals surface area contributed by atoms with Crippen molar-refractivity contribution in [3.05, 3.63) is 34.9 Å². The number of oxime groups is 1. The van der Waals surface area contributed by atoms with Crippen LogP contribution in [-0.4, -0.2) is 27.5 Å². The maximum atomic E-state index is 9.44. The van der Waals surface area contributed by atoms with Crippen molar-refractivity contribution in [1.82, 2.24) is 0 Å². The third kappa shape index (κ3) is 3.92. The summed E-state index contributed by atoms with van der Waals surface area (Å²) < 4.78 is 0. The van der Waals surface area contributed by atoms with Crippen LogP contribution in [0.25, 0.3) is 0 Å². The molecule has 0 aliphatic heterocycles. The Morgan fingerprint density at radius 2 is 2.11 bits per heavy atom. The molecule has 0 fully saturated rings. The predicted octanol–water partition coefficient (Wildman–Crippen LogP) is 2.09. The standard InChI is InChI=1S/C13H20N2O2S/c1-8-6-11(13(14)15-17)4-5-12(8)7-18-10(3)9(2)16/h4-6,9-10,16-17H,7H2,1-3H3,(H2,14,15). The molecule has 0 aromatic heterocycles. The molecule has 2 atom stereocenters. The Hall–Kier alpha value is -1.20. The first-order chi connectivity index (χ1) is 8.45. The Morgan fingerprint density at radius 3 is 2.61 bits per heavy atom. The maximum Gasteiger partial charge on any atom is 0.170 e. The zero-order chi connectivity index (χ0) is 13.7. The minimum Gasteiger partial charge on any atom is -0.409 e. The quantitative estimate of drug-likeness (QED) is 0.331. The van der Waals surface area contributed by atoms with Crippen LogP contribution in [0.2, 0.25) is 0 Å². The van der Waals surface area contributed by atoms with Crippen LogP contribution in [-0.2, 0) is 5.75 Å². The summed E-state index contributed by atoms with van der Waals surface area (Å²) in [5.74, 6) is 0.962. The van der Waals surface area contributed by atoms with Crippen molar-refractivity contribution in [3.8, 4) is 0 Å². The van der Waals surface area contributed by atoms with Gasteiger partial charge in [0, 0.05) is 16.6 Å². The van der Waals surface area contributed by atoms with E-state index in [9.17, 15) is 5.11 Å². The van der Waals surface area contributed by atoms with E-state index in [1.807, 2.05) is 32.0 Å². The molecule has 0 amide bonds. The second-order valence-electron chi connectivity index (χ2n) is 4.38. The van der Waals surface area contributed by atoms with Crippen LogP contribution < -0.4 is 5.73 Å². The number of hydrogen-bond donors (Lipinski definition) is 3. The SMILES string of the molecule is Cc1cc(/C(N)=N/O)ccc1CSC(C)C(C)O. The summed E-state index contributed by atoms with van der Waals surface area (Å²) in [6.07, 6.45) is -0.313. The zero-order valence-corrected chi connectivity index (χ0v) is 11.7. The Morgan fingerprint density at radius 1 is 1.44 bits per heavy atom. The van der Waals surface area contributed by atoms with Gasteiger partial charge in [0.05, 0.1) is 6.10 Å². The van der Waals surface area contributed by atoms with Crippen molar-refractivity contribution in [2.75, 3.05) is 0 Å². The highest BCUT2D eigenvalue weighted by atomic mass is 32.2. The number of aryl methyl sites for hydroxylation is 1. The van der Waals surface area contributed by atoms with Crippen molar-refractivity contribution in [2.24, 2.45) is 10.9 Å². The summed E-state index contributed by atoms with van der Waals surface area (Å²) in [7, 11) is 0. The first kappa shape index (κ1) is 14.9. The summed E-state index contributed by atoms with van der Waals surface area (Å²) in [6.45, 7) is 5.80. The lowest BCUT2D eigenvalue weighted by molar-refractivity contribution is 0.196. The van der Waals surface area contributed by atoms with Gasteiger partial charge in [0.2, 0.25) is 0 Å². The normalized spacial score (nSPS) is 15.4. The number of amidine groups is 1. The average Bonchev–Trinajstić information content (AvgIpc) is 2.35. The number of thioether (sulfide) groups is 1. The van der Waals surface area contributed by atoms with Crippen LogP contribution in [0.4, 0.5) is 0 Å². The third-order valence-electron chi connectivity index (χ3n) is 2.93. The minimum absolute atomic E-state index is 0.120. The van der Waals surface area contributed by atoms with Gasteiger partial charge >= 0.3 is 0 Å². The van der Waals surface area contributed by atoms with E-state index in [1.54, 1.807) is 18.7 Å². The number of aliphatic hydroxyl groups excluding tert-OH is 1. The van der Waals surface area contributed by atoms with Gasteiger partial charge in [0.15, 0.2) is 5.84 Å². The fourth-order valence-electron chi connectivity index (χ4n) is 1.44. The predicted molar refractivity (Wildman–Crippen MR) is 76.1 cm³/mol. The van der Waals surface area contributed by atoms with Gasteiger partial charge < -0.3 is 16.0 Å². The zero-order valence-electron chi connectivity index (χ0n) is 10.9. The van der Waals surface area contributed by atoms with Gasteiger partial charge in [-0.2, -0.15) is 11.8 Å². The number of nitrogens with two attached hydrogens (primary N) is 1. The molecule has 0 aliphatic carbocycles. The number of benzene rings is 1. The number of hydrogen-bond acceptors (Lipinski definition) is 4. The van der Waals surface area contributed by atoms with E-state index in [2.05, 4.69) is 5.16 Å². The lowest BCUT2D eigenvalue weighted by atomic mass is 10.1. The Labute approximate surface area is 112 Å². The molecule has 1 rings (SSSR count). The molecule has 2 unspecified atom stereocenters. The van der Waals surface area contributed by atoms with E-state index in [0.717, 1.165) is 11.3 Å². The topological polar surface area (TPSA) is 78.8 Å². The molecule has 0 radical (unpaired) electrons. The van der Waals surface area contributed by atoms with Gasteiger partial charge in [-0.15, -0.1) is 0 Å². The van der Waals surface area contributed by atoms with Gasteiger partial charge in [-0.1, -0.05) is 24.2 Å². The van der Waals surface area contributed by atoms with Crippen molar-refractivity contribution in [2.45, 2.75) is 37.9 Å². The van der Waals surface area contributed by atoms with E-state index in [0.29, 0.717) is 5.56 Å². The maximum absolute atomic E-state index is 9.44. The molecule has 5 heteroatoms. The number of rotatable bonds is 5. The van der Waals surface area contributed by atoms with Crippen LogP contribution in [0.5, 0.6) is 0 Å². The van der Waals surface area contributed by atoms with Gasteiger partial charge in [0.25, 0.3) is 0 Å². The lowest BCUT2D eigenvalue weighted by Crippen LogP contribution is -2.15. The van der Waals surface area contributed by atoms with Crippen molar-refractivity contribution < 1.29 is 10.3 Å².